The van der Waals surface area contributed by atoms with Crippen LogP contribution in [0.25, 0.3) is 11.1 Å². The highest BCUT2D eigenvalue weighted by Gasteiger charge is 2.38. The van der Waals surface area contributed by atoms with Gasteiger partial charge in [0.2, 0.25) is 0 Å². The third-order valence-corrected chi connectivity index (χ3v) is 7.64. The predicted molar refractivity (Wildman–Crippen MR) is 114 cm³/mol. The summed E-state index contributed by atoms with van der Waals surface area (Å²) >= 11 is 34.9. The van der Waals surface area contributed by atoms with Gasteiger partial charge in [0.1, 0.15) is 5.75 Å². The predicted octanol–water partition coefficient (Wildman–Crippen LogP) is 8.19. The first-order chi connectivity index (χ1) is 12.3. The number of benzene rings is 2. The first-order valence-corrected chi connectivity index (χ1v) is 10.5. The van der Waals surface area contributed by atoms with Gasteiger partial charge in [-0.25, -0.2) is 0 Å². The van der Waals surface area contributed by atoms with E-state index in [9.17, 15) is 0 Å². The standard InChI is InChI=1S/C18H14BrCl5O2/c1-2-18(6-25-7-18)8-26-10-5-3-4-9(12(10)19)11-13(20)15(22)17(24)16(23)14(11)21/h3-5H,2,6-8H2,1H3. The second-order valence-electron chi connectivity index (χ2n) is 6.20. The smallest absolute Gasteiger partial charge is 0.134 e. The van der Waals surface area contributed by atoms with Crippen LogP contribution in [0.4, 0.5) is 0 Å². The van der Waals surface area contributed by atoms with Crippen LogP contribution in [0.15, 0.2) is 22.7 Å². The number of ether oxygens (including phenoxy) is 2. The van der Waals surface area contributed by atoms with Crippen molar-refractivity contribution < 1.29 is 9.47 Å². The second-order valence-corrected chi connectivity index (χ2v) is 8.88. The molecular formula is C18H14BrCl5O2. The minimum absolute atomic E-state index is 0.0671. The van der Waals surface area contributed by atoms with Gasteiger partial charge in [0, 0.05) is 11.1 Å². The summed E-state index contributed by atoms with van der Waals surface area (Å²) in [5.41, 5.74) is 1.29. The summed E-state index contributed by atoms with van der Waals surface area (Å²) in [6, 6.07) is 5.58. The molecule has 0 atom stereocenters. The normalized spacial score (nSPS) is 15.7. The minimum Gasteiger partial charge on any atom is -0.492 e. The molecule has 1 heterocycles. The van der Waals surface area contributed by atoms with E-state index in [1.807, 2.05) is 18.2 Å². The molecule has 1 saturated heterocycles. The number of halogens is 6. The van der Waals surface area contributed by atoms with Crippen LogP contribution in [0.1, 0.15) is 13.3 Å². The molecule has 1 fully saturated rings. The second kappa shape index (κ2) is 8.24. The Balaban J connectivity index is 2.01. The largest absolute Gasteiger partial charge is 0.492 e. The fourth-order valence-corrected chi connectivity index (χ4v) is 4.59. The monoisotopic (exact) mass is 516 g/mol. The molecule has 0 unspecified atom stereocenters. The Hall–Kier alpha value is 0.130. The van der Waals surface area contributed by atoms with Crippen molar-refractivity contribution in [3.63, 3.8) is 0 Å². The van der Waals surface area contributed by atoms with Gasteiger partial charge in [-0.2, -0.15) is 0 Å². The van der Waals surface area contributed by atoms with E-state index in [-0.39, 0.29) is 30.5 Å². The minimum atomic E-state index is 0.0671. The van der Waals surface area contributed by atoms with E-state index >= 15 is 0 Å². The molecule has 0 spiro atoms. The van der Waals surface area contributed by atoms with Crippen LogP contribution in [-0.2, 0) is 4.74 Å². The molecule has 0 aromatic heterocycles. The lowest BCUT2D eigenvalue weighted by Gasteiger charge is -2.40. The fourth-order valence-electron chi connectivity index (χ4n) is 2.67. The molecule has 2 aromatic carbocycles. The van der Waals surface area contributed by atoms with Crippen molar-refractivity contribution in [3.05, 3.63) is 47.8 Å². The Labute approximate surface area is 185 Å². The quantitative estimate of drug-likeness (QED) is 0.293. The molecule has 0 aliphatic carbocycles. The lowest BCUT2D eigenvalue weighted by atomic mass is 9.84. The average molecular weight is 519 g/mol. The maximum Gasteiger partial charge on any atom is 0.134 e. The lowest BCUT2D eigenvalue weighted by Crippen LogP contribution is -2.46. The Kier molecular flexibility index (Phi) is 6.61. The molecule has 0 bridgehead atoms. The number of hydrogen-bond donors (Lipinski definition) is 0. The summed E-state index contributed by atoms with van der Waals surface area (Å²) in [5, 5.41) is 0.924. The van der Waals surface area contributed by atoms with E-state index in [4.69, 9.17) is 67.5 Å². The van der Waals surface area contributed by atoms with Crippen LogP contribution in [0, 0.1) is 5.41 Å². The van der Waals surface area contributed by atoms with Crippen molar-refractivity contribution in [2.45, 2.75) is 13.3 Å². The van der Waals surface area contributed by atoms with Crippen molar-refractivity contribution in [2.24, 2.45) is 5.41 Å². The molecule has 2 nitrogen and oxygen atoms in total. The summed E-state index contributed by atoms with van der Waals surface area (Å²) in [6.07, 6.45) is 0.990. The van der Waals surface area contributed by atoms with Crippen LogP contribution in [0.2, 0.25) is 25.1 Å². The van der Waals surface area contributed by atoms with Gasteiger partial charge < -0.3 is 9.47 Å². The van der Waals surface area contributed by atoms with Crippen LogP contribution in [-0.4, -0.2) is 19.8 Å². The van der Waals surface area contributed by atoms with E-state index in [0.29, 0.717) is 41.2 Å². The van der Waals surface area contributed by atoms with E-state index < -0.39 is 0 Å². The molecule has 3 rings (SSSR count). The maximum atomic E-state index is 6.40. The zero-order valence-corrected chi connectivity index (χ0v) is 19.0. The van der Waals surface area contributed by atoms with Gasteiger partial charge in [0.05, 0.1) is 54.8 Å². The fraction of sp³-hybridized carbons (Fsp3) is 0.333. The molecule has 140 valence electrons. The van der Waals surface area contributed by atoms with Crippen molar-refractivity contribution in [1.82, 2.24) is 0 Å². The van der Waals surface area contributed by atoms with Gasteiger partial charge in [-0.3, -0.25) is 0 Å². The van der Waals surface area contributed by atoms with E-state index in [1.54, 1.807) is 0 Å². The average Bonchev–Trinajstić information content (AvgIpc) is 2.60. The third kappa shape index (κ3) is 3.69. The first-order valence-electron chi connectivity index (χ1n) is 7.82. The Morgan fingerprint density at radius 2 is 1.58 bits per heavy atom. The molecule has 1 aliphatic heterocycles. The number of rotatable bonds is 5. The summed E-state index contributed by atoms with van der Waals surface area (Å²) in [6.45, 7) is 4.12. The highest BCUT2D eigenvalue weighted by molar-refractivity contribution is 9.10. The SMILES string of the molecule is CCC1(COc2cccc(-c3c(Cl)c(Cl)c(Cl)c(Cl)c3Cl)c2Br)COC1. The first kappa shape index (κ1) is 20.9. The van der Waals surface area contributed by atoms with Crippen LogP contribution in [0.5, 0.6) is 5.75 Å². The molecule has 0 radical (unpaired) electrons. The summed E-state index contributed by atoms with van der Waals surface area (Å²) < 4.78 is 12.1. The van der Waals surface area contributed by atoms with E-state index in [1.165, 1.54) is 0 Å². The van der Waals surface area contributed by atoms with Crippen molar-refractivity contribution >= 4 is 73.9 Å². The summed E-state index contributed by atoms with van der Waals surface area (Å²) in [5.74, 6) is 0.677. The van der Waals surface area contributed by atoms with Crippen LogP contribution >= 0.6 is 73.9 Å². The highest BCUT2D eigenvalue weighted by atomic mass is 79.9. The summed E-state index contributed by atoms with van der Waals surface area (Å²) in [7, 11) is 0. The van der Waals surface area contributed by atoms with Crippen molar-refractivity contribution in [1.29, 1.82) is 0 Å². The van der Waals surface area contributed by atoms with Crippen molar-refractivity contribution in [2.75, 3.05) is 19.8 Å². The molecule has 0 saturated carbocycles. The van der Waals surface area contributed by atoms with E-state index in [2.05, 4.69) is 22.9 Å². The zero-order chi connectivity index (χ0) is 19.1. The van der Waals surface area contributed by atoms with E-state index in [0.717, 1.165) is 6.42 Å². The molecule has 2 aromatic rings. The lowest BCUT2D eigenvalue weighted by molar-refractivity contribution is -0.133. The van der Waals surface area contributed by atoms with Crippen LogP contribution in [0.3, 0.4) is 0 Å². The Morgan fingerprint density at radius 3 is 2.08 bits per heavy atom. The van der Waals surface area contributed by atoms with Gasteiger partial charge in [-0.15, -0.1) is 0 Å². The van der Waals surface area contributed by atoms with Gasteiger partial charge >= 0.3 is 0 Å². The molecule has 0 amide bonds. The Bertz CT molecular complexity index is 817. The molecule has 8 heteroatoms. The van der Waals surface area contributed by atoms with Gasteiger partial charge in [0.15, 0.2) is 0 Å². The molecule has 26 heavy (non-hydrogen) atoms. The highest BCUT2D eigenvalue weighted by Crippen LogP contribution is 2.50. The topological polar surface area (TPSA) is 18.5 Å². The van der Waals surface area contributed by atoms with Crippen molar-refractivity contribution in [3.8, 4) is 16.9 Å². The summed E-state index contributed by atoms with van der Waals surface area (Å²) in [4.78, 5) is 0. The third-order valence-electron chi connectivity index (χ3n) is 4.54. The molecule has 1 aliphatic rings. The molecule has 0 N–H and O–H groups in total. The van der Waals surface area contributed by atoms with Gasteiger partial charge in [0.25, 0.3) is 0 Å². The Morgan fingerprint density at radius 1 is 1.00 bits per heavy atom. The van der Waals surface area contributed by atoms with Gasteiger partial charge in [-0.05, 0) is 28.4 Å². The van der Waals surface area contributed by atoms with Gasteiger partial charge in [-0.1, -0.05) is 77.1 Å². The number of hydrogen-bond acceptors (Lipinski definition) is 2. The maximum absolute atomic E-state index is 6.40. The zero-order valence-electron chi connectivity index (χ0n) is 13.6. The van der Waals surface area contributed by atoms with Crippen LogP contribution < -0.4 is 4.74 Å². The molecular weight excluding hydrogens is 505 g/mol.